The molecule has 0 aliphatic heterocycles. The minimum atomic E-state index is -3.72. The molecule has 7 nitrogen and oxygen atoms in total. The summed E-state index contributed by atoms with van der Waals surface area (Å²) in [7, 11) is -3.72. The fourth-order valence-corrected chi connectivity index (χ4v) is 2.74. The highest BCUT2D eigenvalue weighted by Crippen LogP contribution is 2.24. The normalized spacial score (nSPS) is 13.5. The number of hydrogen-bond acceptors (Lipinski definition) is 5. The smallest absolute Gasteiger partial charge is 0.292 e. The van der Waals surface area contributed by atoms with Crippen molar-refractivity contribution in [3.63, 3.8) is 0 Å². The van der Waals surface area contributed by atoms with Gasteiger partial charge in [0.25, 0.3) is 5.69 Å². The van der Waals surface area contributed by atoms with Gasteiger partial charge in [-0.1, -0.05) is 13.8 Å². The van der Waals surface area contributed by atoms with Crippen LogP contribution in [-0.4, -0.2) is 19.4 Å². The Morgan fingerprint density at radius 2 is 1.89 bits per heavy atom. The second kappa shape index (κ2) is 5.54. The van der Waals surface area contributed by atoms with Crippen molar-refractivity contribution < 1.29 is 13.3 Å². The summed E-state index contributed by atoms with van der Waals surface area (Å²) in [5, 5.41) is 10.6. The lowest BCUT2D eigenvalue weighted by atomic mass is 10.1. The van der Waals surface area contributed by atoms with Gasteiger partial charge in [-0.3, -0.25) is 10.1 Å². The molecule has 0 aliphatic carbocycles. The molecule has 0 saturated heterocycles. The predicted octanol–water partition coefficient (Wildman–Crippen LogP) is 1.50. The summed E-state index contributed by atoms with van der Waals surface area (Å²) in [6.45, 7) is 5.52. The molecule has 1 unspecified atom stereocenters. The Morgan fingerprint density at radius 1 is 1.32 bits per heavy atom. The minimum absolute atomic E-state index is 0.0805. The van der Waals surface area contributed by atoms with Gasteiger partial charge in [-0.05, 0) is 25.0 Å². The summed E-state index contributed by atoms with van der Waals surface area (Å²) >= 11 is 0. The molecule has 8 heteroatoms. The van der Waals surface area contributed by atoms with E-state index < -0.39 is 14.9 Å². The van der Waals surface area contributed by atoms with Gasteiger partial charge >= 0.3 is 0 Å². The van der Waals surface area contributed by atoms with E-state index in [-0.39, 0.29) is 28.2 Å². The van der Waals surface area contributed by atoms with E-state index in [9.17, 15) is 18.5 Å². The van der Waals surface area contributed by atoms with Crippen molar-refractivity contribution in [1.29, 1.82) is 0 Å². The van der Waals surface area contributed by atoms with E-state index in [1.54, 1.807) is 6.92 Å². The number of rotatable bonds is 5. The SMILES string of the molecule is CC(C)C(C)NS(=O)(=O)c1ccc([N+](=O)[O-])c(N)c1. The molecule has 0 spiro atoms. The Balaban J connectivity index is 3.10. The van der Waals surface area contributed by atoms with E-state index in [4.69, 9.17) is 5.73 Å². The molecule has 1 aromatic rings. The first-order valence-corrected chi connectivity index (χ1v) is 7.19. The predicted molar refractivity (Wildman–Crippen MR) is 72.1 cm³/mol. The zero-order valence-electron chi connectivity index (χ0n) is 11.0. The van der Waals surface area contributed by atoms with Crippen LogP contribution in [0.3, 0.4) is 0 Å². The van der Waals surface area contributed by atoms with Crippen LogP contribution in [-0.2, 0) is 10.0 Å². The molecule has 0 aliphatic rings. The highest BCUT2D eigenvalue weighted by atomic mass is 32.2. The molecular formula is C11H17N3O4S. The lowest BCUT2D eigenvalue weighted by molar-refractivity contribution is -0.383. The van der Waals surface area contributed by atoms with Gasteiger partial charge in [0, 0.05) is 12.1 Å². The quantitative estimate of drug-likeness (QED) is 0.483. The number of nitrogens with zero attached hydrogens (tertiary/aromatic N) is 1. The van der Waals surface area contributed by atoms with Crippen LogP contribution >= 0.6 is 0 Å². The first kappa shape index (κ1) is 15.4. The van der Waals surface area contributed by atoms with Gasteiger partial charge < -0.3 is 5.73 Å². The van der Waals surface area contributed by atoms with Crippen LogP contribution in [0.1, 0.15) is 20.8 Å². The van der Waals surface area contributed by atoms with Gasteiger partial charge in [-0.2, -0.15) is 0 Å². The molecule has 0 fully saturated rings. The molecule has 0 radical (unpaired) electrons. The molecule has 0 aromatic heterocycles. The van der Waals surface area contributed by atoms with Crippen LogP contribution in [0.25, 0.3) is 0 Å². The Hall–Kier alpha value is -1.67. The molecule has 106 valence electrons. The number of nitrogens with two attached hydrogens (primary N) is 1. The Labute approximate surface area is 112 Å². The second-order valence-corrected chi connectivity index (χ2v) is 6.35. The molecule has 0 bridgehead atoms. The fraction of sp³-hybridized carbons (Fsp3) is 0.455. The van der Waals surface area contributed by atoms with Crippen LogP contribution in [0, 0.1) is 16.0 Å². The van der Waals surface area contributed by atoms with Crippen LogP contribution < -0.4 is 10.5 Å². The van der Waals surface area contributed by atoms with E-state index in [0.717, 1.165) is 12.1 Å². The van der Waals surface area contributed by atoms with Gasteiger partial charge in [-0.15, -0.1) is 0 Å². The van der Waals surface area contributed by atoms with Crippen LogP contribution in [0.2, 0.25) is 0 Å². The number of nitrogen functional groups attached to an aromatic ring is 1. The van der Waals surface area contributed by atoms with Crippen molar-refractivity contribution in [2.45, 2.75) is 31.7 Å². The average molecular weight is 287 g/mol. The Kier molecular flexibility index (Phi) is 4.48. The van der Waals surface area contributed by atoms with Crippen molar-refractivity contribution in [3.05, 3.63) is 28.3 Å². The summed E-state index contributed by atoms with van der Waals surface area (Å²) < 4.78 is 26.6. The Morgan fingerprint density at radius 3 is 2.32 bits per heavy atom. The maximum Gasteiger partial charge on any atom is 0.292 e. The fourth-order valence-electron chi connectivity index (χ4n) is 1.31. The highest BCUT2D eigenvalue weighted by molar-refractivity contribution is 7.89. The largest absolute Gasteiger partial charge is 0.393 e. The van der Waals surface area contributed by atoms with Gasteiger partial charge in [0.05, 0.1) is 9.82 Å². The van der Waals surface area contributed by atoms with Crippen molar-refractivity contribution in [1.82, 2.24) is 4.72 Å². The number of hydrogen-bond donors (Lipinski definition) is 2. The number of nitro benzene ring substituents is 1. The third-order valence-corrected chi connectivity index (χ3v) is 4.40. The van der Waals surface area contributed by atoms with Crippen LogP contribution in [0.15, 0.2) is 23.1 Å². The summed E-state index contributed by atoms with van der Waals surface area (Å²) in [5.41, 5.74) is 4.99. The number of benzene rings is 1. The number of nitrogens with one attached hydrogen (secondary N) is 1. The van der Waals surface area contributed by atoms with Crippen molar-refractivity contribution in [3.8, 4) is 0 Å². The molecule has 19 heavy (non-hydrogen) atoms. The van der Waals surface area contributed by atoms with Gasteiger partial charge in [-0.25, -0.2) is 13.1 Å². The van der Waals surface area contributed by atoms with E-state index in [1.165, 1.54) is 6.07 Å². The van der Waals surface area contributed by atoms with Crippen molar-refractivity contribution in [2.75, 3.05) is 5.73 Å². The maximum atomic E-state index is 12.0. The van der Waals surface area contributed by atoms with Crippen molar-refractivity contribution in [2.24, 2.45) is 5.92 Å². The first-order chi connectivity index (χ1) is 8.65. The summed E-state index contributed by atoms with van der Waals surface area (Å²) in [6, 6.07) is 3.10. The molecular weight excluding hydrogens is 270 g/mol. The Bertz CT molecular complexity index is 584. The lowest BCUT2D eigenvalue weighted by Gasteiger charge is -2.17. The molecule has 0 heterocycles. The van der Waals surface area contributed by atoms with Gasteiger partial charge in [0.15, 0.2) is 0 Å². The zero-order valence-corrected chi connectivity index (χ0v) is 11.8. The molecule has 1 atom stereocenters. The third-order valence-electron chi connectivity index (χ3n) is 2.85. The monoisotopic (exact) mass is 287 g/mol. The third kappa shape index (κ3) is 3.65. The minimum Gasteiger partial charge on any atom is -0.393 e. The second-order valence-electron chi connectivity index (χ2n) is 4.63. The molecule has 3 N–H and O–H groups in total. The standard InChI is InChI=1S/C11H17N3O4S/c1-7(2)8(3)13-19(17,18)9-4-5-11(14(15)16)10(12)6-9/h4-8,13H,12H2,1-3H3. The lowest BCUT2D eigenvalue weighted by Crippen LogP contribution is -2.36. The topological polar surface area (TPSA) is 115 Å². The summed E-state index contributed by atoms with van der Waals surface area (Å²) in [6.07, 6.45) is 0. The van der Waals surface area contributed by atoms with Crippen LogP contribution in [0.5, 0.6) is 0 Å². The maximum absolute atomic E-state index is 12.0. The van der Waals surface area contributed by atoms with Crippen LogP contribution in [0.4, 0.5) is 11.4 Å². The first-order valence-electron chi connectivity index (χ1n) is 5.71. The highest BCUT2D eigenvalue weighted by Gasteiger charge is 2.21. The zero-order chi connectivity index (χ0) is 14.8. The number of nitro groups is 1. The molecule has 0 saturated carbocycles. The van der Waals surface area contributed by atoms with Gasteiger partial charge in [0.2, 0.25) is 10.0 Å². The average Bonchev–Trinajstić information content (AvgIpc) is 2.27. The molecule has 0 amide bonds. The van der Waals surface area contributed by atoms with E-state index in [1.807, 2.05) is 13.8 Å². The number of anilines is 1. The molecule has 1 aromatic carbocycles. The van der Waals surface area contributed by atoms with Gasteiger partial charge in [0.1, 0.15) is 5.69 Å². The number of sulfonamides is 1. The van der Waals surface area contributed by atoms with Crippen molar-refractivity contribution >= 4 is 21.4 Å². The summed E-state index contributed by atoms with van der Waals surface area (Å²) in [4.78, 5) is 9.87. The van der Waals surface area contributed by atoms with E-state index >= 15 is 0 Å². The molecule has 1 rings (SSSR count). The van der Waals surface area contributed by atoms with E-state index in [0.29, 0.717) is 0 Å². The summed E-state index contributed by atoms with van der Waals surface area (Å²) in [5.74, 6) is 0.130. The van der Waals surface area contributed by atoms with E-state index in [2.05, 4.69) is 4.72 Å².